The molecule has 1 heterocycles. The third kappa shape index (κ3) is 1.77. The first-order valence-electron chi connectivity index (χ1n) is 3.45. The molecule has 0 fully saturated rings. The molecule has 1 aliphatic heterocycles. The largest absolute Gasteiger partial charge is 0.331 e. The van der Waals surface area contributed by atoms with Gasteiger partial charge in [-0.1, -0.05) is 13.3 Å². The molecule has 0 saturated carbocycles. The molecular formula is C7H11NOS. The lowest BCUT2D eigenvalue weighted by molar-refractivity contribution is -0.119. The van der Waals surface area contributed by atoms with Gasteiger partial charge in [0, 0.05) is 6.20 Å². The zero-order valence-electron chi connectivity index (χ0n) is 5.96. The van der Waals surface area contributed by atoms with E-state index in [0.717, 1.165) is 12.8 Å². The van der Waals surface area contributed by atoms with Crippen molar-refractivity contribution in [2.75, 3.05) is 0 Å². The number of hydrogen-bond donors (Lipinski definition) is 1. The normalized spacial score (nSPS) is 24.5. The van der Waals surface area contributed by atoms with Crippen molar-refractivity contribution in [3.05, 3.63) is 11.6 Å². The molecule has 0 aromatic heterocycles. The SMILES string of the molecule is CCCC1SC=CNC1=O. The Morgan fingerprint density at radius 3 is 3.20 bits per heavy atom. The standard InChI is InChI=1S/C7H11NOS/c1-2-3-6-7(9)8-4-5-10-6/h4-6H,2-3H2,1H3,(H,8,9). The minimum Gasteiger partial charge on any atom is -0.331 e. The Balaban J connectivity index is 2.43. The molecule has 0 radical (unpaired) electrons. The van der Waals surface area contributed by atoms with Gasteiger partial charge in [0.25, 0.3) is 0 Å². The molecule has 0 bridgehead atoms. The molecule has 1 atom stereocenters. The topological polar surface area (TPSA) is 29.1 Å². The predicted molar refractivity (Wildman–Crippen MR) is 43.6 cm³/mol. The summed E-state index contributed by atoms with van der Waals surface area (Å²) < 4.78 is 0. The maximum Gasteiger partial charge on any atom is 0.237 e. The van der Waals surface area contributed by atoms with Gasteiger partial charge in [0.1, 0.15) is 0 Å². The first-order chi connectivity index (χ1) is 4.84. The highest BCUT2D eigenvalue weighted by Crippen LogP contribution is 2.19. The van der Waals surface area contributed by atoms with Crippen LogP contribution in [0.3, 0.4) is 0 Å². The van der Waals surface area contributed by atoms with Crippen LogP contribution in [-0.2, 0) is 4.79 Å². The zero-order chi connectivity index (χ0) is 7.40. The van der Waals surface area contributed by atoms with Crippen LogP contribution in [0.2, 0.25) is 0 Å². The van der Waals surface area contributed by atoms with Gasteiger partial charge < -0.3 is 5.32 Å². The second kappa shape index (κ2) is 3.66. The van der Waals surface area contributed by atoms with Gasteiger partial charge in [0.05, 0.1) is 5.25 Å². The van der Waals surface area contributed by atoms with Crippen LogP contribution in [0.4, 0.5) is 0 Å². The number of thioether (sulfide) groups is 1. The number of carbonyl (C=O) groups is 1. The Morgan fingerprint density at radius 2 is 2.60 bits per heavy atom. The van der Waals surface area contributed by atoms with Crippen molar-refractivity contribution in [1.29, 1.82) is 0 Å². The highest BCUT2D eigenvalue weighted by atomic mass is 32.2. The van der Waals surface area contributed by atoms with E-state index in [4.69, 9.17) is 0 Å². The maximum absolute atomic E-state index is 11.0. The van der Waals surface area contributed by atoms with Gasteiger partial charge in [-0.3, -0.25) is 4.79 Å². The molecule has 3 heteroatoms. The third-order valence-electron chi connectivity index (χ3n) is 1.38. The number of carbonyl (C=O) groups excluding carboxylic acids is 1. The molecule has 0 aromatic carbocycles. The van der Waals surface area contributed by atoms with Crippen LogP contribution in [0.15, 0.2) is 11.6 Å². The molecule has 2 nitrogen and oxygen atoms in total. The van der Waals surface area contributed by atoms with E-state index < -0.39 is 0 Å². The van der Waals surface area contributed by atoms with E-state index in [1.807, 2.05) is 5.41 Å². The average molecular weight is 157 g/mol. The van der Waals surface area contributed by atoms with E-state index in [9.17, 15) is 4.79 Å². The van der Waals surface area contributed by atoms with Crippen LogP contribution in [-0.4, -0.2) is 11.2 Å². The first kappa shape index (κ1) is 7.66. The van der Waals surface area contributed by atoms with Gasteiger partial charge in [-0.15, -0.1) is 11.8 Å². The Bertz CT molecular complexity index is 156. The highest BCUT2D eigenvalue weighted by molar-refractivity contribution is 8.03. The van der Waals surface area contributed by atoms with Crippen molar-refractivity contribution in [2.24, 2.45) is 0 Å². The van der Waals surface area contributed by atoms with E-state index in [1.165, 1.54) is 0 Å². The van der Waals surface area contributed by atoms with Crippen molar-refractivity contribution < 1.29 is 4.79 Å². The zero-order valence-corrected chi connectivity index (χ0v) is 6.78. The van der Waals surface area contributed by atoms with Crippen molar-refractivity contribution in [3.8, 4) is 0 Å². The molecule has 1 rings (SSSR count). The highest BCUT2D eigenvalue weighted by Gasteiger charge is 2.17. The quantitative estimate of drug-likeness (QED) is 0.658. The minimum absolute atomic E-state index is 0.148. The van der Waals surface area contributed by atoms with Crippen LogP contribution in [0.1, 0.15) is 19.8 Å². The van der Waals surface area contributed by atoms with Gasteiger partial charge in [-0.25, -0.2) is 0 Å². The molecule has 0 aliphatic carbocycles. The molecule has 10 heavy (non-hydrogen) atoms. The molecule has 1 unspecified atom stereocenters. The maximum atomic E-state index is 11.0. The van der Waals surface area contributed by atoms with E-state index in [-0.39, 0.29) is 11.2 Å². The molecule has 1 N–H and O–H groups in total. The second-order valence-corrected chi connectivity index (χ2v) is 3.34. The van der Waals surface area contributed by atoms with Crippen molar-refractivity contribution in [1.82, 2.24) is 5.32 Å². The Morgan fingerprint density at radius 1 is 1.80 bits per heavy atom. The molecule has 0 saturated heterocycles. The summed E-state index contributed by atoms with van der Waals surface area (Å²) in [5.41, 5.74) is 0. The summed E-state index contributed by atoms with van der Waals surface area (Å²) in [5, 5.41) is 4.76. The summed E-state index contributed by atoms with van der Waals surface area (Å²) in [7, 11) is 0. The second-order valence-electron chi connectivity index (χ2n) is 2.22. The summed E-state index contributed by atoms with van der Waals surface area (Å²) in [6.07, 6.45) is 3.74. The van der Waals surface area contributed by atoms with Crippen molar-refractivity contribution in [2.45, 2.75) is 25.0 Å². The smallest absolute Gasteiger partial charge is 0.237 e. The van der Waals surface area contributed by atoms with Crippen LogP contribution >= 0.6 is 11.8 Å². The number of rotatable bonds is 2. The summed E-state index contributed by atoms with van der Waals surface area (Å²) >= 11 is 1.60. The third-order valence-corrected chi connectivity index (χ3v) is 2.45. The minimum atomic E-state index is 0.148. The molecule has 0 spiro atoms. The van der Waals surface area contributed by atoms with Gasteiger partial charge in [0.2, 0.25) is 5.91 Å². The first-order valence-corrected chi connectivity index (χ1v) is 4.39. The van der Waals surface area contributed by atoms with Crippen LogP contribution in [0, 0.1) is 0 Å². The Hall–Kier alpha value is -0.440. The molecule has 1 aliphatic rings. The van der Waals surface area contributed by atoms with E-state index in [2.05, 4.69) is 12.2 Å². The summed E-state index contributed by atoms with van der Waals surface area (Å²) in [4.78, 5) is 11.0. The van der Waals surface area contributed by atoms with E-state index >= 15 is 0 Å². The fourth-order valence-electron chi connectivity index (χ4n) is 0.866. The average Bonchev–Trinajstić information content (AvgIpc) is 1.94. The summed E-state index contributed by atoms with van der Waals surface area (Å²) in [6.45, 7) is 2.09. The molecular weight excluding hydrogens is 146 g/mol. The number of hydrogen-bond acceptors (Lipinski definition) is 2. The molecule has 56 valence electrons. The van der Waals surface area contributed by atoms with Gasteiger partial charge in [-0.2, -0.15) is 0 Å². The van der Waals surface area contributed by atoms with Crippen LogP contribution in [0.25, 0.3) is 0 Å². The molecule has 1 amide bonds. The fraction of sp³-hybridized carbons (Fsp3) is 0.571. The fourth-order valence-corrected chi connectivity index (χ4v) is 1.77. The summed E-state index contributed by atoms with van der Waals surface area (Å²) in [5.74, 6) is 0.148. The lowest BCUT2D eigenvalue weighted by Gasteiger charge is -2.15. The van der Waals surface area contributed by atoms with Crippen LogP contribution < -0.4 is 5.32 Å². The lowest BCUT2D eigenvalue weighted by Crippen LogP contribution is -2.30. The number of amides is 1. The Kier molecular flexibility index (Phi) is 2.81. The van der Waals surface area contributed by atoms with Crippen LogP contribution in [0.5, 0.6) is 0 Å². The van der Waals surface area contributed by atoms with Gasteiger partial charge in [-0.05, 0) is 11.8 Å². The van der Waals surface area contributed by atoms with Gasteiger partial charge in [0.15, 0.2) is 0 Å². The number of nitrogens with one attached hydrogen (secondary N) is 1. The van der Waals surface area contributed by atoms with E-state index in [0.29, 0.717) is 0 Å². The van der Waals surface area contributed by atoms with Crippen molar-refractivity contribution in [3.63, 3.8) is 0 Å². The molecule has 0 aromatic rings. The Labute approximate surface area is 65.1 Å². The van der Waals surface area contributed by atoms with E-state index in [1.54, 1.807) is 18.0 Å². The lowest BCUT2D eigenvalue weighted by atomic mass is 10.2. The van der Waals surface area contributed by atoms with Gasteiger partial charge >= 0.3 is 0 Å². The predicted octanol–water partition coefficient (Wildman–Crippen LogP) is 1.49. The summed E-state index contributed by atoms with van der Waals surface area (Å²) in [6, 6.07) is 0. The monoisotopic (exact) mass is 157 g/mol. The van der Waals surface area contributed by atoms with Crippen molar-refractivity contribution >= 4 is 17.7 Å².